The van der Waals surface area contributed by atoms with Crippen molar-refractivity contribution >= 4 is 21.8 Å². The van der Waals surface area contributed by atoms with Crippen LogP contribution in [0.1, 0.15) is 25.3 Å². The summed E-state index contributed by atoms with van der Waals surface area (Å²) >= 11 is 3.39. The Hall–Kier alpha value is -1.03. The van der Waals surface area contributed by atoms with Crippen molar-refractivity contribution in [2.75, 3.05) is 12.4 Å². The van der Waals surface area contributed by atoms with E-state index >= 15 is 0 Å². The highest BCUT2D eigenvalue weighted by molar-refractivity contribution is 9.09. The van der Waals surface area contributed by atoms with Crippen LogP contribution in [0.25, 0.3) is 0 Å². The van der Waals surface area contributed by atoms with Gasteiger partial charge >= 0.3 is 0 Å². The summed E-state index contributed by atoms with van der Waals surface area (Å²) in [5, 5.41) is 3.97. The summed E-state index contributed by atoms with van der Waals surface area (Å²) in [5.41, 5.74) is 0.921. The molecule has 1 aromatic carbocycles. The Morgan fingerprint density at radius 2 is 2.17 bits per heavy atom. The van der Waals surface area contributed by atoms with E-state index in [1.807, 2.05) is 31.2 Å². The Balaban J connectivity index is 2.49. The van der Waals surface area contributed by atoms with E-state index in [0.29, 0.717) is 6.42 Å². The second kappa shape index (κ2) is 8.14. The maximum atomic E-state index is 11.9. The fourth-order valence-corrected chi connectivity index (χ4v) is 2.13. The van der Waals surface area contributed by atoms with Crippen LogP contribution in [0, 0.1) is 0 Å². The molecule has 1 amide bonds. The second-order valence-electron chi connectivity index (χ2n) is 4.29. The van der Waals surface area contributed by atoms with Crippen LogP contribution < -0.4 is 10.1 Å². The number of para-hydroxylation sites is 1. The molecule has 0 aliphatic carbocycles. The van der Waals surface area contributed by atoms with Gasteiger partial charge in [-0.25, -0.2) is 0 Å². The minimum atomic E-state index is 0.0431. The zero-order valence-corrected chi connectivity index (χ0v) is 12.5. The normalized spacial score (nSPS) is 11.9. The molecule has 0 heterocycles. The predicted octanol–water partition coefficient (Wildman–Crippen LogP) is 2.92. The van der Waals surface area contributed by atoms with E-state index in [0.717, 1.165) is 29.5 Å². The zero-order chi connectivity index (χ0) is 13.4. The number of alkyl halides is 1. The molecular formula is C14H20BrNO2. The van der Waals surface area contributed by atoms with Crippen LogP contribution >= 0.6 is 15.9 Å². The number of rotatable bonds is 7. The van der Waals surface area contributed by atoms with Gasteiger partial charge in [-0.1, -0.05) is 34.1 Å². The van der Waals surface area contributed by atoms with E-state index in [-0.39, 0.29) is 11.9 Å². The molecule has 3 nitrogen and oxygen atoms in total. The molecule has 0 fully saturated rings. The molecule has 0 saturated carbocycles. The van der Waals surface area contributed by atoms with Gasteiger partial charge in [-0.3, -0.25) is 4.79 Å². The maximum Gasteiger partial charge on any atom is 0.224 e. The molecule has 1 N–H and O–H groups in total. The minimum Gasteiger partial charge on any atom is -0.496 e. The van der Waals surface area contributed by atoms with Gasteiger partial charge < -0.3 is 10.1 Å². The number of ether oxygens (including phenoxy) is 1. The fraction of sp³-hybridized carbons (Fsp3) is 0.500. The Morgan fingerprint density at radius 3 is 2.83 bits per heavy atom. The summed E-state index contributed by atoms with van der Waals surface area (Å²) in [5.74, 6) is 0.808. The van der Waals surface area contributed by atoms with Crippen LogP contribution in [-0.4, -0.2) is 24.4 Å². The Bertz CT molecular complexity index is 382. The van der Waals surface area contributed by atoms with Crippen molar-refractivity contribution in [2.45, 2.75) is 32.2 Å². The third-order valence-corrected chi connectivity index (χ3v) is 3.28. The molecule has 1 atom stereocenters. The summed E-state index contributed by atoms with van der Waals surface area (Å²) in [7, 11) is 1.62. The third-order valence-electron chi connectivity index (χ3n) is 2.72. The van der Waals surface area contributed by atoms with Crippen LogP contribution in [0.4, 0.5) is 0 Å². The molecule has 0 saturated heterocycles. The highest BCUT2D eigenvalue weighted by Crippen LogP contribution is 2.17. The van der Waals surface area contributed by atoms with Gasteiger partial charge in [0.15, 0.2) is 0 Å². The second-order valence-corrected chi connectivity index (χ2v) is 5.08. The quantitative estimate of drug-likeness (QED) is 0.786. The standard InChI is InChI=1S/C14H20BrNO2/c1-11(6-5-9-15)16-14(17)10-12-7-3-4-8-13(12)18-2/h3-4,7-8,11H,5-6,9-10H2,1-2H3,(H,16,17). The molecule has 1 unspecified atom stereocenters. The van der Waals surface area contributed by atoms with E-state index in [9.17, 15) is 4.79 Å². The van der Waals surface area contributed by atoms with Crippen molar-refractivity contribution in [3.05, 3.63) is 29.8 Å². The smallest absolute Gasteiger partial charge is 0.224 e. The van der Waals surface area contributed by atoms with Crippen molar-refractivity contribution in [2.24, 2.45) is 0 Å². The van der Waals surface area contributed by atoms with Gasteiger partial charge in [0.05, 0.1) is 13.5 Å². The molecule has 0 aliphatic rings. The minimum absolute atomic E-state index is 0.0431. The van der Waals surface area contributed by atoms with Crippen LogP contribution in [0.5, 0.6) is 5.75 Å². The van der Waals surface area contributed by atoms with E-state index < -0.39 is 0 Å². The molecule has 18 heavy (non-hydrogen) atoms. The van der Waals surface area contributed by atoms with E-state index in [2.05, 4.69) is 21.2 Å². The molecule has 100 valence electrons. The molecule has 0 bridgehead atoms. The summed E-state index contributed by atoms with van der Waals surface area (Å²) in [4.78, 5) is 11.9. The lowest BCUT2D eigenvalue weighted by molar-refractivity contribution is -0.121. The van der Waals surface area contributed by atoms with Crippen molar-refractivity contribution in [3.63, 3.8) is 0 Å². The SMILES string of the molecule is COc1ccccc1CC(=O)NC(C)CCCBr. The maximum absolute atomic E-state index is 11.9. The van der Waals surface area contributed by atoms with Crippen molar-refractivity contribution in [1.82, 2.24) is 5.32 Å². The molecule has 1 aromatic rings. The zero-order valence-electron chi connectivity index (χ0n) is 10.9. The van der Waals surface area contributed by atoms with E-state index in [1.165, 1.54) is 0 Å². The highest BCUT2D eigenvalue weighted by atomic mass is 79.9. The van der Waals surface area contributed by atoms with Gasteiger partial charge in [0, 0.05) is 16.9 Å². The molecule has 0 spiro atoms. The first-order valence-corrected chi connectivity index (χ1v) is 7.26. The van der Waals surface area contributed by atoms with Crippen LogP contribution in [0.2, 0.25) is 0 Å². The first-order chi connectivity index (χ1) is 8.67. The summed E-state index contributed by atoms with van der Waals surface area (Å²) in [6.45, 7) is 2.03. The Kier molecular flexibility index (Phi) is 6.80. The lowest BCUT2D eigenvalue weighted by Gasteiger charge is -2.14. The van der Waals surface area contributed by atoms with Gasteiger partial charge in [0.2, 0.25) is 5.91 Å². The predicted molar refractivity (Wildman–Crippen MR) is 77.3 cm³/mol. The molecule has 4 heteroatoms. The number of carbonyl (C=O) groups is 1. The average molecular weight is 314 g/mol. The first kappa shape index (κ1) is 15.0. The van der Waals surface area contributed by atoms with Gasteiger partial charge in [0.25, 0.3) is 0 Å². The average Bonchev–Trinajstić information content (AvgIpc) is 2.36. The van der Waals surface area contributed by atoms with Crippen molar-refractivity contribution in [3.8, 4) is 5.75 Å². The molecule has 0 radical (unpaired) electrons. The number of nitrogens with one attached hydrogen (secondary N) is 1. The number of halogens is 1. The topological polar surface area (TPSA) is 38.3 Å². The molecule has 0 aromatic heterocycles. The molecule has 1 rings (SSSR count). The Morgan fingerprint density at radius 1 is 1.44 bits per heavy atom. The number of hydrogen-bond donors (Lipinski definition) is 1. The summed E-state index contributed by atoms with van der Waals surface area (Å²) in [6.07, 6.45) is 2.42. The van der Waals surface area contributed by atoms with Crippen LogP contribution in [0.3, 0.4) is 0 Å². The number of amides is 1. The van der Waals surface area contributed by atoms with Crippen LogP contribution in [0.15, 0.2) is 24.3 Å². The monoisotopic (exact) mass is 313 g/mol. The largest absolute Gasteiger partial charge is 0.496 e. The van der Waals surface area contributed by atoms with Crippen molar-refractivity contribution < 1.29 is 9.53 Å². The Labute approximate surface area is 117 Å². The first-order valence-electron chi connectivity index (χ1n) is 6.14. The van der Waals surface area contributed by atoms with Crippen molar-refractivity contribution in [1.29, 1.82) is 0 Å². The lowest BCUT2D eigenvalue weighted by atomic mass is 10.1. The lowest BCUT2D eigenvalue weighted by Crippen LogP contribution is -2.33. The molecular weight excluding hydrogens is 294 g/mol. The van der Waals surface area contributed by atoms with Gasteiger partial charge in [0.1, 0.15) is 5.75 Å². The number of methoxy groups -OCH3 is 1. The van der Waals surface area contributed by atoms with E-state index in [1.54, 1.807) is 7.11 Å². The van der Waals surface area contributed by atoms with E-state index in [4.69, 9.17) is 4.74 Å². The van der Waals surface area contributed by atoms with Crippen LogP contribution in [-0.2, 0) is 11.2 Å². The third kappa shape index (κ3) is 5.08. The number of hydrogen-bond acceptors (Lipinski definition) is 2. The van der Waals surface area contributed by atoms with Gasteiger partial charge in [-0.15, -0.1) is 0 Å². The highest BCUT2D eigenvalue weighted by Gasteiger charge is 2.10. The number of carbonyl (C=O) groups excluding carboxylic acids is 1. The number of benzene rings is 1. The summed E-state index contributed by atoms with van der Waals surface area (Å²) < 4.78 is 5.23. The fourth-order valence-electron chi connectivity index (χ4n) is 1.80. The van der Waals surface area contributed by atoms with Gasteiger partial charge in [-0.05, 0) is 25.8 Å². The van der Waals surface area contributed by atoms with Gasteiger partial charge in [-0.2, -0.15) is 0 Å². The summed E-state index contributed by atoms with van der Waals surface area (Å²) in [6, 6.07) is 7.82. The molecule has 0 aliphatic heterocycles.